The fraction of sp³-hybridized carbons (Fsp3) is 0.929. The quantitative estimate of drug-likeness (QED) is 0.833. The van der Waals surface area contributed by atoms with E-state index in [-0.39, 0.29) is 6.04 Å². The summed E-state index contributed by atoms with van der Waals surface area (Å²) in [4.78, 5) is 14.3. The van der Waals surface area contributed by atoms with Crippen molar-refractivity contribution in [2.24, 2.45) is 0 Å². The zero-order valence-electron chi connectivity index (χ0n) is 11.7. The molecule has 2 fully saturated rings. The van der Waals surface area contributed by atoms with Crippen molar-refractivity contribution in [3.63, 3.8) is 0 Å². The first-order chi connectivity index (χ1) is 8.71. The number of rotatable bonds is 5. The van der Waals surface area contributed by atoms with Crippen LogP contribution in [0.25, 0.3) is 0 Å². The molecule has 104 valence electrons. The summed E-state index contributed by atoms with van der Waals surface area (Å²) in [5, 5.41) is 3.36. The van der Waals surface area contributed by atoms with Crippen LogP contribution in [0.15, 0.2) is 0 Å². The second-order valence-corrected chi connectivity index (χ2v) is 6.96. The minimum absolute atomic E-state index is 0.0810. The summed E-state index contributed by atoms with van der Waals surface area (Å²) in [5.74, 6) is 0.329. The lowest BCUT2D eigenvalue weighted by molar-refractivity contribution is -0.129. The number of carbonyl (C=O) groups is 1. The number of nitrogens with one attached hydrogen (secondary N) is 1. The molecule has 4 heteroatoms. The van der Waals surface area contributed by atoms with Crippen LogP contribution in [0.1, 0.15) is 51.9 Å². The molecule has 1 N–H and O–H groups in total. The molecule has 1 heterocycles. The second kappa shape index (κ2) is 6.29. The SMILES string of the molecule is CCCC1NCN(CC2(SC)CCCCC2)C1=O. The Kier molecular flexibility index (Phi) is 4.96. The average molecular weight is 270 g/mol. The highest BCUT2D eigenvalue weighted by molar-refractivity contribution is 8.00. The monoisotopic (exact) mass is 270 g/mol. The van der Waals surface area contributed by atoms with Gasteiger partial charge in [-0.3, -0.25) is 10.1 Å². The van der Waals surface area contributed by atoms with Crippen molar-refractivity contribution in [2.75, 3.05) is 19.5 Å². The van der Waals surface area contributed by atoms with E-state index < -0.39 is 0 Å². The number of thioether (sulfide) groups is 1. The third-order valence-corrected chi connectivity index (χ3v) is 5.80. The molecule has 0 spiro atoms. The Morgan fingerprint density at radius 1 is 1.39 bits per heavy atom. The lowest BCUT2D eigenvalue weighted by Gasteiger charge is -2.38. The largest absolute Gasteiger partial charge is 0.327 e. The Morgan fingerprint density at radius 2 is 2.11 bits per heavy atom. The van der Waals surface area contributed by atoms with Gasteiger partial charge >= 0.3 is 0 Å². The summed E-state index contributed by atoms with van der Waals surface area (Å²) in [6.07, 6.45) is 10.8. The van der Waals surface area contributed by atoms with Crippen LogP contribution < -0.4 is 5.32 Å². The van der Waals surface area contributed by atoms with Crippen molar-refractivity contribution in [3.8, 4) is 0 Å². The van der Waals surface area contributed by atoms with E-state index in [4.69, 9.17) is 0 Å². The third kappa shape index (κ3) is 3.02. The van der Waals surface area contributed by atoms with E-state index >= 15 is 0 Å². The Balaban J connectivity index is 1.94. The summed E-state index contributed by atoms with van der Waals surface area (Å²) in [7, 11) is 0. The van der Waals surface area contributed by atoms with E-state index in [1.54, 1.807) is 0 Å². The summed E-state index contributed by atoms with van der Waals surface area (Å²) in [5.41, 5.74) is 0. The first-order valence-electron chi connectivity index (χ1n) is 7.28. The molecular weight excluding hydrogens is 244 g/mol. The highest BCUT2D eigenvalue weighted by Crippen LogP contribution is 2.39. The van der Waals surface area contributed by atoms with Gasteiger partial charge in [0.2, 0.25) is 5.91 Å². The van der Waals surface area contributed by atoms with Gasteiger partial charge in [-0.1, -0.05) is 32.6 Å². The molecular formula is C14H26N2OS. The van der Waals surface area contributed by atoms with Crippen molar-refractivity contribution in [2.45, 2.75) is 62.7 Å². The minimum atomic E-state index is 0.0810. The fourth-order valence-corrected chi connectivity index (χ4v) is 4.21. The van der Waals surface area contributed by atoms with E-state index in [1.807, 2.05) is 11.8 Å². The minimum Gasteiger partial charge on any atom is -0.327 e. The van der Waals surface area contributed by atoms with Gasteiger partial charge in [0, 0.05) is 11.3 Å². The molecule has 0 bridgehead atoms. The Bertz CT molecular complexity index is 290. The van der Waals surface area contributed by atoms with Crippen LogP contribution in [0.3, 0.4) is 0 Å². The Labute approximate surface area is 115 Å². The average Bonchev–Trinajstić information content (AvgIpc) is 2.73. The predicted molar refractivity (Wildman–Crippen MR) is 77.7 cm³/mol. The topological polar surface area (TPSA) is 32.3 Å². The van der Waals surface area contributed by atoms with Crippen LogP contribution in [0.4, 0.5) is 0 Å². The normalized spacial score (nSPS) is 27.8. The van der Waals surface area contributed by atoms with Gasteiger partial charge in [-0.2, -0.15) is 11.8 Å². The number of nitrogens with zero attached hydrogens (tertiary/aromatic N) is 1. The van der Waals surface area contributed by atoms with Crippen LogP contribution in [0.2, 0.25) is 0 Å². The fourth-order valence-electron chi connectivity index (χ4n) is 3.22. The summed E-state index contributed by atoms with van der Waals surface area (Å²) in [6.45, 7) is 3.84. The van der Waals surface area contributed by atoms with Crippen LogP contribution in [0, 0.1) is 0 Å². The van der Waals surface area contributed by atoms with Gasteiger partial charge in [-0.05, 0) is 25.5 Å². The van der Waals surface area contributed by atoms with Gasteiger partial charge in [-0.25, -0.2) is 0 Å². The van der Waals surface area contributed by atoms with E-state index in [2.05, 4.69) is 23.4 Å². The van der Waals surface area contributed by atoms with Gasteiger partial charge < -0.3 is 4.90 Å². The first kappa shape index (κ1) is 14.2. The number of carbonyl (C=O) groups excluding carboxylic acids is 1. The Morgan fingerprint density at radius 3 is 2.72 bits per heavy atom. The molecule has 0 aromatic carbocycles. The number of hydrogen-bond donors (Lipinski definition) is 1. The molecule has 1 unspecified atom stereocenters. The molecule has 2 aliphatic rings. The molecule has 1 aliphatic carbocycles. The highest BCUT2D eigenvalue weighted by atomic mass is 32.2. The van der Waals surface area contributed by atoms with Gasteiger partial charge in [-0.15, -0.1) is 0 Å². The van der Waals surface area contributed by atoms with E-state index in [0.29, 0.717) is 10.7 Å². The zero-order valence-corrected chi connectivity index (χ0v) is 12.5. The van der Waals surface area contributed by atoms with Gasteiger partial charge in [0.1, 0.15) is 0 Å². The molecule has 0 aromatic heterocycles. The molecule has 2 rings (SSSR count). The molecule has 18 heavy (non-hydrogen) atoms. The van der Waals surface area contributed by atoms with Crippen molar-refractivity contribution < 1.29 is 4.79 Å². The van der Waals surface area contributed by atoms with Crippen LogP contribution in [-0.2, 0) is 4.79 Å². The van der Waals surface area contributed by atoms with Crippen molar-refractivity contribution in [3.05, 3.63) is 0 Å². The maximum atomic E-state index is 12.3. The van der Waals surface area contributed by atoms with E-state index in [9.17, 15) is 4.79 Å². The highest BCUT2D eigenvalue weighted by Gasteiger charge is 2.38. The van der Waals surface area contributed by atoms with Crippen LogP contribution in [0.5, 0.6) is 0 Å². The second-order valence-electron chi connectivity index (χ2n) is 5.69. The van der Waals surface area contributed by atoms with Crippen molar-refractivity contribution >= 4 is 17.7 Å². The molecule has 1 saturated carbocycles. The lowest BCUT2D eigenvalue weighted by Crippen LogP contribution is -2.43. The summed E-state index contributed by atoms with van der Waals surface area (Å²) >= 11 is 1.97. The predicted octanol–water partition coefficient (Wildman–Crippen LogP) is 2.61. The van der Waals surface area contributed by atoms with Crippen LogP contribution >= 0.6 is 11.8 Å². The Hall–Kier alpha value is -0.220. The molecule has 1 aliphatic heterocycles. The van der Waals surface area contributed by atoms with Gasteiger partial charge in [0.25, 0.3) is 0 Å². The van der Waals surface area contributed by atoms with Crippen LogP contribution in [-0.4, -0.2) is 41.1 Å². The zero-order chi connectivity index (χ0) is 13.0. The maximum absolute atomic E-state index is 12.3. The van der Waals surface area contributed by atoms with Gasteiger partial charge in [0.15, 0.2) is 0 Å². The molecule has 0 aromatic rings. The van der Waals surface area contributed by atoms with Gasteiger partial charge in [0.05, 0.1) is 12.7 Å². The van der Waals surface area contributed by atoms with Crippen molar-refractivity contribution in [1.82, 2.24) is 10.2 Å². The van der Waals surface area contributed by atoms with Crippen molar-refractivity contribution in [1.29, 1.82) is 0 Å². The number of hydrogen-bond acceptors (Lipinski definition) is 3. The standard InChI is InChI=1S/C14H26N2OS/c1-3-7-12-13(17)16(11-15-12)10-14(18-2)8-5-4-6-9-14/h12,15H,3-11H2,1-2H3. The first-order valence-corrected chi connectivity index (χ1v) is 8.50. The third-order valence-electron chi connectivity index (χ3n) is 4.39. The summed E-state index contributed by atoms with van der Waals surface area (Å²) < 4.78 is 0.330. The molecule has 1 atom stereocenters. The van der Waals surface area contributed by atoms with E-state index in [0.717, 1.165) is 26.1 Å². The lowest BCUT2D eigenvalue weighted by atomic mass is 9.88. The molecule has 1 saturated heterocycles. The van der Waals surface area contributed by atoms with E-state index in [1.165, 1.54) is 32.1 Å². The molecule has 1 amide bonds. The summed E-state index contributed by atoms with van der Waals surface area (Å²) in [6, 6.07) is 0.0810. The molecule has 3 nitrogen and oxygen atoms in total. The maximum Gasteiger partial charge on any atom is 0.240 e. The number of amides is 1. The smallest absolute Gasteiger partial charge is 0.240 e. The molecule has 0 radical (unpaired) electrons.